The number of nitrogens with zero attached hydrogens (tertiary/aromatic N) is 4. The van der Waals surface area contributed by atoms with Crippen LogP contribution in [0.5, 0.6) is 0 Å². The van der Waals surface area contributed by atoms with Gasteiger partial charge in [-0.05, 0) is 11.1 Å². The van der Waals surface area contributed by atoms with Crippen LogP contribution in [-0.2, 0) is 6.54 Å². The lowest BCUT2D eigenvalue weighted by molar-refractivity contribution is 0.445. The van der Waals surface area contributed by atoms with Crippen molar-refractivity contribution in [3.05, 3.63) is 76.7 Å². The van der Waals surface area contributed by atoms with Gasteiger partial charge in [-0.15, -0.1) is 4.91 Å². The standard InChI is InChI=1S/C16H14N4OS/c21-19-17-16-20(11-13-7-3-1-4-8-13)18-15(12-22-16)14-9-5-2-6-10-14/h1-10H,11-12H2/b17-16-. The number of hydrogen-bond acceptors (Lipinski definition) is 4. The van der Waals surface area contributed by atoms with Crippen molar-refractivity contribution in [2.24, 2.45) is 15.5 Å². The Bertz CT molecular complexity index is 701. The molecular formula is C16H14N4OS. The third-order valence-electron chi connectivity index (χ3n) is 3.21. The van der Waals surface area contributed by atoms with E-state index in [1.807, 2.05) is 60.7 Å². The molecule has 2 aromatic carbocycles. The number of hydrogen-bond donors (Lipinski definition) is 0. The quantitative estimate of drug-likeness (QED) is 0.639. The molecule has 0 aliphatic carbocycles. The van der Waals surface area contributed by atoms with E-state index in [2.05, 4.69) is 15.5 Å². The molecule has 1 heterocycles. The lowest BCUT2D eigenvalue weighted by Gasteiger charge is -2.25. The zero-order valence-corrected chi connectivity index (χ0v) is 12.6. The molecule has 0 aromatic heterocycles. The van der Waals surface area contributed by atoms with Gasteiger partial charge in [-0.3, -0.25) is 0 Å². The zero-order chi connectivity index (χ0) is 15.2. The molecule has 0 amide bonds. The van der Waals surface area contributed by atoms with E-state index in [0.717, 1.165) is 16.8 Å². The Labute approximate surface area is 132 Å². The molecular weight excluding hydrogens is 296 g/mol. The van der Waals surface area contributed by atoms with Gasteiger partial charge in [0.15, 0.2) is 0 Å². The lowest BCUT2D eigenvalue weighted by Crippen LogP contribution is -2.30. The largest absolute Gasteiger partial charge is 0.236 e. The third kappa shape index (κ3) is 3.40. The van der Waals surface area contributed by atoms with Crippen LogP contribution in [-0.4, -0.2) is 21.6 Å². The molecule has 0 fully saturated rings. The molecule has 1 aliphatic rings. The monoisotopic (exact) mass is 310 g/mol. The molecule has 0 saturated carbocycles. The molecule has 0 unspecified atom stereocenters. The fraction of sp³-hybridized carbons (Fsp3) is 0.125. The van der Waals surface area contributed by atoms with Gasteiger partial charge in [-0.2, -0.15) is 5.10 Å². The minimum atomic E-state index is 0.526. The predicted molar refractivity (Wildman–Crippen MR) is 90.7 cm³/mol. The molecule has 6 heteroatoms. The van der Waals surface area contributed by atoms with Gasteiger partial charge in [0, 0.05) is 5.75 Å². The summed E-state index contributed by atoms with van der Waals surface area (Å²) in [6.45, 7) is 0.554. The minimum Gasteiger partial charge on any atom is -0.236 e. The molecule has 2 aromatic rings. The van der Waals surface area contributed by atoms with Crippen molar-refractivity contribution in [2.75, 3.05) is 5.75 Å². The summed E-state index contributed by atoms with van der Waals surface area (Å²) >= 11 is 1.47. The second kappa shape index (κ2) is 7.00. The van der Waals surface area contributed by atoms with Gasteiger partial charge in [-0.25, -0.2) is 5.01 Å². The second-order valence-corrected chi connectivity index (χ2v) is 5.65. The van der Waals surface area contributed by atoms with Gasteiger partial charge >= 0.3 is 0 Å². The Balaban J connectivity index is 1.90. The smallest absolute Gasteiger partial charge is 0.210 e. The molecule has 0 bridgehead atoms. The lowest BCUT2D eigenvalue weighted by atomic mass is 10.1. The Hall–Kier alpha value is -2.47. The fourth-order valence-electron chi connectivity index (χ4n) is 2.17. The zero-order valence-electron chi connectivity index (χ0n) is 11.8. The normalized spacial score (nSPS) is 16.5. The molecule has 22 heavy (non-hydrogen) atoms. The molecule has 0 radical (unpaired) electrons. The van der Waals surface area contributed by atoms with Crippen LogP contribution in [0.4, 0.5) is 0 Å². The van der Waals surface area contributed by atoms with E-state index in [4.69, 9.17) is 0 Å². The van der Waals surface area contributed by atoms with E-state index in [9.17, 15) is 4.91 Å². The first-order chi connectivity index (χ1) is 10.9. The highest BCUT2D eigenvalue weighted by atomic mass is 32.2. The van der Waals surface area contributed by atoms with Crippen LogP contribution in [0.2, 0.25) is 0 Å². The predicted octanol–water partition coefficient (Wildman–Crippen LogP) is 3.68. The van der Waals surface area contributed by atoms with Crippen LogP contribution in [0.1, 0.15) is 11.1 Å². The van der Waals surface area contributed by atoms with E-state index >= 15 is 0 Å². The minimum absolute atomic E-state index is 0.526. The summed E-state index contributed by atoms with van der Waals surface area (Å²) in [4.78, 5) is 10.5. The van der Waals surface area contributed by atoms with Crippen LogP contribution in [0.3, 0.4) is 0 Å². The van der Waals surface area contributed by atoms with Crippen LogP contribution in [0, 0.1) is 4.91 Å². The highest BCUT2D eigenvalue weighted by Crippen LogP contribution is 2.22. The maximum absolute atomic E-state index is 10.5. The maximum Gasteiger partial charge on any atom is 0.210 e. The van der Waals surface area contributed by atoms with Crippen molar-refractivity contribution >= 4 is 22.6 Å². The molecule has 1 aliphatic heterocycles. The molecule has 0 N–H and O–H groups in total. The van der Waals surface area contributed by atoms with E-state index in [-0.39, 0.29) is 0 Å². The van der Waals surface area contributed by atoms with Gasteiger partial charge in [0.2, 0.25) is 5.17 Å². The number of hydrazone groups is 1. The molecule has 0 atom stereocenters. The van der Waals surface area contributed by atoms with Gasteiger partial charge < -0.3 is 0 Å². The summed E-state index contributed by atoms with van der Waals surface area (Å²) in [5, 5.41) is 13.2. The summed E-state index contributed by atoms with van der Waals surface area (Å²) in [6, 6.07) is 20.0. The van der Waals surface area contributed by atoms with E-state index < -0.39 is 0 Å². The average molecular weight is 310 g/mol. The number of rotatable bonds is 4. The maximum atomic E-state index is 10.5. The van der Waals surface area contributed by atoms with E-state index in [1.54, 1.807) is 5.01 Å². The average Bonchev–Trinajstić information content (AvgIpc) is 2.58. The Morgan fingerprint density at radius 1 is 1.05 bits per heavy atom. The summed E-state index contributed by atoms with van der Waals surface area (Å²) in [5.74, 6) is 0.670. The van der Waals surface area contributed by atoms with Gasteiger partial charge in [0.1, 0.15) is 0 Å². The number of benzene rings is 2. The van der Waals surface area contributed by atoms with Crippen LogP contribution >= 0.6 is 11.8 Å². The Morgan fingerprint density at radius 2 is 1.73 bits per heavy atom. The Kier molecular flexibility index (Phi) is 4.60. The van der Waals surface area contributed by atoms with Crippen molar-refractivity contribution in [1.82, 2.24) is 5.01 Å². The van der Waals surface area contributed by atoms with Gasteiger partial charge in [0.25, 0.3) is 0 Å². The van der Waals surface area contributed by atoms with Crippen molar-refractivity contribution in [3.8, 4) is 0 Å². The number of amidine groups is 1. The first kappa shape index (κ1) is 14.5. The fourth-order valence-corrected chi connectivity index (χ4v) is 3.01. The first-order valence-corrected chi connectivity index (χ1v) is 7.83. The van der Waals surface area contributed by atoms with Crippen molar-refractivity contribution in [2.45, 2.75) is 6.54 Å². The third-order valence-corrected chi connectivity index (χ3v) is 4.18. The van der Waals surface area contributed by atoms with Gasteiger partial charge in [0.05, 0.1) is 17.5 Å². The second-order valence-electron chi connectivity index (χ2n) is 4.71. The SMILES string of the molecule is O=N/N=C1\SCC(c2ccccc2)=NN1Cc1ccccc1. The summed E-state index contributed by atoms with van der Waals surface area (Å²) < 4.78 is 0. The van der Waals surface area contributed by atoms with E-state index in [1.165, 1.54) is 11.8 Å². The van der Waals surface area contributed by atoms with Crippen molar-refractivity contribution in [1.29, 1.82) is 0 Å². The van der Waals surface area contributed by atoms with E-state index in [0.29, 0.717) is 17.5 Å². The highest BCUT2D eigenvalue weighted by Gasteiger charge is 2.21. The Morgan fingerprint density at radius 3 is 2.41 bits per heavy atom. The summed E-state index contributed by atoms with van der Waals surface area (Å²) in [7, 11) is 0. The van der Waals surface area contributed by atoms with Crippen LogP contribution in [0.25, 0.3) is 0 Å². The van der Waals surface area contributed by atoms with Crippen LogP contribution < -0.4 is 0 Å². The number of thioether (sulfide) groups is 1. The highest BCUT2D eigenvalue weighted by molar-refractivity contribution is 8.14. The molecule has 0 saturated heterocycles. The van der Waals surface area contributed by atoms with Crippen molar-refractivity contribution < 1.29 is 0 Å². The first-order valence-electron chi connectivity index (χ1n) is 6.84. The number of nitroso groups, excluding NO2 is 1. The molecule has 3 rings (SSSR count). The van der Waals surface area contributed by atoms with Crippen LogP contribution in [0.15, 0.2) is 76.2 Å². The molecule has 110 valence electrons. The summed E-state index contributed by atoms with van der Waals surface area (Å²) in [5.41, 5.74) is 3.14. The topological polar surface area (TPSA) is 57.4 Å². The summed E-state index contributed by atoms with van der Waals surface area (Å²) in [6.07, 6.45) is 0. The van der Waals surface area contributed by atoms with Gasteiger partial charge in [-0.1, -0.05) is 77.5 Å². The van der Waals surface area contributed by atoms with Crippen molar-refractivity contribution in [3.63, 3.8) is 0 Å². The molecule has 5 nitrogen and oxygen atoms in total. The molecule has 0 spiro atoms.